The number of hydrogen-bond acceptors (Lipinski definition) is 2. The van der Waals surface area contributed by atoms with Crippen LogP contribution >= 0.6 is 11.6 Å². The number of aromatic nitrogens is 1. The van der Waals surface area contributed by atoms with Crippen molar-refractivity contribution in [3.63, 3.8) is 0 Å². The number of rotatable bonds is 5. The van der Waals surface area contributed by atoms with Gasteiger partial charge in [0.2, 0.25) is 0 Å². The van der Waals surface area contributed by atoms with Crippen LogP contribution in [0, 0.1) is 6.92 Å². The van der Waals surface area contributed by atoms with Gasteiger partial charge in [0.15, 0.2) is 0 Å². The number of nitrogens with one attached hydrogen (secondary N) is 1. The summed E-state index contributed by atoms with van der Waals surface area (Å²) in [6.45, 7) is 5.13. The standard InChI is InChI=1S/C16H19ClN2/c1-3-18-16(15-10-12(2)8-9-19-15)11-13-4-6-14(17)7-5-13/h4-10,16,18H,3,11H2,1-2H3. The molecule has 0 fully saturated rings. The molecule has 2 nitrogen and oxygen atoms in total. The lowest BCUT2D eigenvalue weighted by molar-refractivity contribution is 0.536. The molecule has 0 bridgehead atoms. The van der Waals surface area contributed by atoms with Crippen molar-refractivity contribution in [2.24, 2.45) is 0 Å². The Labute approximate surface area is 119 Å². The molecule has 100 valence electrons. The van der Waals surface area contributed by atoms with Gasteiger partial charge < -0.3 is 5.32 Å². The van der Waals surface area contributed by atoms with Crippen molar-refractivity contribution in [3.05, 3.63) is 64.4 Å². The largest absolute Gasteiger partial charge is 0.309 e. The first-order chi connectivity index (χ1) is 9.19. The van der Waals surface area contributed by atoms with Crippen LogP contribution in [-0.2, 0) is 6.42 Å². The minimum Gasteiger partial charge on any atom is -0.309 e. The van der Waals surface area contributed by atoms with E-state index < -0.39 is 0 Å². The normalized spacial score (nSPS) is 12.4. The van der Waals surface area contributed by atoms with Crippen LogP contribution in [-0.4, -0.2) is 11.5 Å². The Morgan fingerprint density at radius 1 is 1.21 bits per heavy atom. The van der Waals surface area contributed by atoms with Crippen LogP contribution in [0.4, 0.5) is 0 Å². The second kappa shape index (κ2) is 6.69. The maximum absolute atomic E-state index is 5.92. The molecule has 1 aromatic carbocycles. The summed E-state index contributed by atoms with van der Waals surface area (Å²) in [6.07, 6.45) is 2.79. The molecule has 0 radical (unpaired) electrons. The predicted octanol–water partition coefficient (Wildman–Crippen LogP) is 3.94. The third-order valence-corrected chi connectivity index (χ3v) is 3.35. The van der Waals surface area contributed by atoms with Gasteiger partial charge in [-0.25, -0.2) is 0 Å². The van der Waals surface area contributed by atoms with Crippen molar-refractivity contribution >= 4 is 11.6 Å². The second-order valence-corrected chi connectivity index (χ2v) is 5.14. The fraction of sp³-hybridized carbons (Fsp3) is 0.312. The lowest BCUT2D eigenvalue weighted by Crippen LogP contribution is -2.24. The Kier molecular flexibility index (Phi) is 4.94. The fourth-order valence-electron chi connectivity index (χ4n) is 2.13. The highest BCUT2D eigenvalue weighted by atomic mass is 35.5. The summed E-state index contributed by atoms with van der Waals surface area (Å²) < 4.78 is 0. The maximum atomic E-state index is 5.92. The van der Waals surface area contributed by atoms with E-state index in [1.165, 1.54) is 11.1 Å². The van der Waals surface area contributed by atoms with Crippen molar-refractivity contribution in [2.45, 2.75) is 26.3 Å². The van der Waals surface area contributed by atoms with Crippen LogP contribution in [0.25, 0.3) is 0 Å². The van der Waals surface area contributed by atoms with E-state index in [9.17, 15) is 0 Å². The summed E-state index contributed by atoms with van der Waals surface area (Å²) in [7, 11) is 0. The zero-order chi connectivity index (χ0) is 13.7. The number of aryl methyl sites for hydroxylation is 1. The van der Waals surface area contributed by atoms with Crippen LogP contribution in [0.3, 0.4) is 0 Å². The Balaban J connectivity index is 2.18. The molecule has 0 amide bonds. The zero-order valence-electron chi connectivity index (χ0n) is 11.4. The first-order valence-corrected chi connectivity index (χ1v) is 6.97. The van der Waals surface area contributed by atoms with Gasteiger partial charge >= 0.3 is 0 Å². The van der Waals surface area contributed by atoms with Gasteiger partial charge in [-0.15, -0.1) is 0 Å². The zero-order valence-corrected chi connectivity index (χ0v) is 12.1. The average molecular weight is 275 g/mol. The van der Waals surface area contributed by atoms with E-state index >= 15 is 0 Å². The average Bonchev–Trinajstić information content (AvgIpc) is 2.41. The minimum atomic E-state index is 0.242. The predicted molar refractivity (Wildman–Crippen MR) is 80.5 cm³/mol. The number of likely N-dealkylation sites (N-methyl/N-ethyl adjacent to an activating group) is 1. The van der Waals surface area contributed by atoms with Gasteiger partial charge in [0.25, 0.3) is 0 Å². The molecule has 3 heteroatoms. The van der Waals surface area contributed by atoms with E-state index in [2.05, 4.69) is 42.3 Å². The van der Waals surface area contributed by atoms with Crippen LogP contribution in [0.2, 0.25) is 5.02 Å². The summed E-state index contributed by atoms with van der Waals surface area (Å²) in [5.74, 6) is 0. The van der Waals surface area contributed by atoms with Gasteiger partial charge in [0, 0.05) is 11.2 Å². The highest BCUT2D eigenvalue weighted by Gasteiger charge is 2.12. The lowest BCUT2D eigenvalue weighted by atomic mass is 10.0. The molecule has 1 heterocycles. The van der Waals surface area contributed by atoms with E-state index in [4.69, 9.17) is 11.6 Å². The van der Waals surface area contributed by atoms with Gasteiger partial charge in [-0.1, -0.05) is 30.7 Å². The van der Waals surface area contributed by atoms with Gasteiger partial charge in [-0.2, -0.15) is 0 Å². The molecule has 1 atom stereocenters. The van der Waals surface area contributed by atoms with Crippen molar-refractivity contribution in [1.82, 2.24) is 10.3 Å². The molecule has 0 aliphatic heterocycles. The third-order valence-electron chi connectivity index (χ3n) is 3.10. The van der Waals surface area contributed by atoms with E-state index in [0.717, 1.165) is 23.7 Å². The molecule has 0 saturated carbocycles. The number of nitrogens with zero attached hydrogens (tertiary/aromatic N) is 1. The van der Waals surface area contributed by atoms with Gasteiger partial charge in [0.05, 0.1) is 11.7 Å². The quantitative estimate of drug-likeness (QED) is 0.893. The fourth-order valence-corrected chi connectivity index (χ4v) is 2.26. The van der Waals surface area contributed by atoms with Gasteiger partial charge in [0.1, 0.15) is 0 Å². The van der Waals surface area contributed by atoms with Gasteiger partial charge in [-0.05, 0) is 55.3 Å². The van der Waals surface area contributed by atoms with Crippen molar-refractivity contribution in [3.8, 4) is 0 Å². The second-order valence-electron chi connectivity index (χ2n) is 4.70. The third kappa shape index (κ3) is 4.05. The first-order valence-electron chi connectivity index (χ1n) is 6.59. The lowest BCUT2D eigenvalue weighted by Gasteiger charge is -2.18. The smallest absolute Gasteiger partial charge is 0.0579 e. The van der Waals surface area contributed by atoms with E-state index in [1.54, 1.807) is 0 Å². The molecular weight excluding hydrogens is 256 g/mol. The number of hydrogen-bond donors (Lipinski definition) is 1. The molecule has 0 aliphatic carbocycles. The van der Waals surface area contributed by atoms with Crippen LogP contribution in [0.15, 0.2) is 42.6 Å². The summed E-state index contributed by atoms with van der Waals surface area (Å²) in [4.78, 5) is 4.48. The monoisotopic (exact) mass is 274 g/mol. The topological polar surface area (TPSA) is 24.9 Å². The molecule has 1 aromatic heterocycles. The molecule has 1 unspecified atom stereocenters. The van der Waals surface area contributed by atoms with E-state index in [1.807, 2.05) is 24.4 Å². The molecule has 0 aliphatic rings. The van der Waals surface area contributed by atoms with Crippen molar-refractivity contribution in [2.75, 3.05) is 6.54 Å². The molecule has 2 rings (SSSR count). The summed E-state index contributed by atoms with van der Waals surface area (Å²) in [6, 6.07) is 12.4. The van der Waals surface area contributed by atoms with Crippen molar-refractivity contribution in [1.29, 1.82) is 0 Å². The Morgan fingerprint density at radius 3 is 2.58 bits per heavy atom. The summed E-state index contributed by atoms with van der Waals surface area (Å²) >= 11 is 5.92. The molecule has 2 aromatic rings. The number of halogens is 1. The summed E-state index contributed by atoms with van der Waals surface area (Å²) in [5.41, 5.74) is 3.60. The SMILES string of the molecule is CCNC(Cc1ccc(Cl)cc1)c1cc(C)ccn1. The minimum absolute atomic E-state index is 0.242. The molecule has 1 N–H and O–H groups in total. The Hall–Kier alpha value is -1.38. The first kappa shape index (κ1) is 14.0. The molecule has 19 heavy (non-hydrogen) atoms. The van der Waals surface area contributed by atoms with Crippen LogP contribution in [0.1, 0.15) is 29.8 Å². The number of pyridine rings is 1. The Bertz CT molecular complexity index is 523. The Morgan fingerprint density at radius 2 is 1.95 bits per heavy atom. The highest BCUT2D eigenvalue weighted by Crippen LogP contribution is 2.19. The molecule has 0 spiro atoms. The number of benzene rings is 1. The highest BCUT2D eigenvalue weighted by molar-refractivity contribution is 6.30. The van der Waals surface area contributed by atoms with E-state index in [0.29, 0.717) is 0 Å². The molecular formula is C16H19ClN2. The van der Waals surface area contributed by atoms with E-state index in [-0.39, 0.29) is 6.04 Å². The van der Waals surface area contributed by atoms with Crippen LogP contribution in [0.5, 0.6) is 0 Å². The summed E-state index contributed by atoms with van der Waals surface area (Å²) in [5, 5.41) is 4.27. The van der Waals surface area contributed by atoms with Crippen LogP contribution < -0.4 is 5.32 Å². The van der Waals surface area contributed by atoms with Gasteiger partial charge in [-0.3, -0.25) is 4.98 Å². The molecule has 0 saturated heterocycles. The van der Waals surface area contributed by atoms with Crippen molar-refractivity contribution < 1.29 is 0 Å². The maximum Gasteiger partial charge on any atom is 0.0579 e.